The highest BCUT2D eigenvalue weighted by molar-refractivity contribution is 4.43. The van der Waals surface area contributed by atoms with E-state index >= 15 is 0 Å². The van der Waals surface area contributed by atoms with Crippen molar-refractivity contribution in [2.24, 2.45) is 5.73 Å². The zero-order chi connectivity index (χ0) is 5.54. The lowest BCUT2D eigenvalue weighted by molar-refractivity contribution is 0.198. The van der Waals surface area contributed by atoms with Crippen molar-refractivity contribution in [3.05, 3.63) is 0 Å². The van der Waals surface area contributed by atoms with Crippen molar-refractivity contribution in [3.8, 4) is 0 Å². The summed E-state index contributed by atoms with van der Waals surface area (Å²) in [4.78, 5) is 0. The zero-order valence-electron chi connectivity index (χ0n) is 4.81. The highest BCUT2D eigenvalue weighted by Gasteiger charge is 1.94. The summed E-state index contributed by atoms with van der Waals surface area (Å²) in [6.45, 7) is 2.00. The predicted octanol–water partition coefficient (Wildman–Crippen LogP) is 0.372. The molecule has 1 rings (SSSR count). The van der Waals surface area contributed by atoms with E-state index in [9.17, 15) is 0 Å². The summed E-state index contributed by atoms with van der Waals surface area (Å²) in [5, 5.41) is 0. The molecule has 1 fully saturated rings. The molecule has 0 unspecified atom stereocenters. The molecule has 44 valence electrons. The molecule has 0 aliphatic carbocycles. The van der Waals surface area contributed by atoms with Gasteiger partial charge < -0.3 is 10.5 Å². The fraction of sp³-hybridized carbons (Fsp3) is 1.00. The first-order valence-corrected chi connectivity index (χ1v) is 2.65. The van der Waals surface area contributed by atoms with Gasteiger partial charge in [-0.05, 0) is 19.9 Å². The molecular formula is C5H13NO. The van der Waals surface area contributed by atoms with Crippen LogP contribution in [0.25, 0.3) is 0 Å². The van der Waals surface area contributed by atoms with Crippen LogP contribution in [0.1, 0.15) is 12.8 Å². The fourth-order valence-electron chi connectivity index (χ4n) is 0.510. The minimum Gasteiger partial charge on any atom is -0.381 e. The van der Waals surface area contributed by atoms with Crippen LogP contribution in [0.3, 0.4) is 0 Å². The van der Waals surface area contributed by atoms with E-state index in [0.29, 0.717) is 0 Å². The average molecular weight is 103 g/mol. The van der Waals surface area contributed by atoms with E-state index in [4.69, 9.17) is 4.74 Å². The van der Waals surface area contributed by atoms with Gasteiger partial charge in [0, 0.05) is 13.2 Å². The molecule has 2 N–H and O–H groups in total. The molecule has 0 aromatic rings. The molecule has 0 radical (unpaired) electrons. The van der Waals surface area contributed by atoms with Crippen molar-refractivity contribution in [1.29, 1.82) is 0 Å². The molecule has 0 aromatic heterocycles. The highest BCUT2D eigenvalue weighted by Crippen LogP contribution is 1.98. The Morgan fingerprint density at radius 3 is 1.71 bits per heavy atom. The summed E-state index contributed by atoms with van der Waals surface area (Å²) in [6.07, 6.45) is 2.56. The largest absolute Gasteiger partial charge is 0.381 e. The second-order valence-electron chi connectivity index (χ2n) is 1.32. The van der Waals surface area contributed by atoms with E-state index < -0.39 is 0 Å². The SMILES string of the molecule is C1CCOC1.CN. The smallest absolute Gasteiger partial charge is 0.0466 e. The summed E-state index contributed by atoms with van der Waals surface area (Å²) < 4.78 is 4.94. The minimum atomic E-state index is 1.00. The maximum Gasteiger partial charge on any atom is 0.0466 e. The van der Waals surface area contributed by atoms with E-state index in [1.54, 1.807) is 0 Å². The number of hydrogen-bond donors (Lipinski definition) is 1. The molecule has 0 spiro atoms. The normalized spacial score (nSPS) is 18.0. The molecule has 0 bridgehead atoms. The van der Waals surface area contributed by atoms with Gasteiger partial charge in [0.1, 0.15) is 0 Å². The topological polar surface area (TPSA) is 35.2 Å². The van der Waals surface area contributed by atoms with Crippen molar-refractivity contribution in [2.75, 3.05) is 20.3 Å². The van der Waals surface area contributed by atoms with E-state index in [1.165, 1.54) is 19.9 Å². The molecule has 0 atom stereocenters. The van der Waals surface area contributed by atoms with Gasteiger partial charge in [0.2, 0.25) is 0 Å². The van der Waals surface area contributed by atoms with Gasteiger partial charge in [-0.25, -0.2) is 0 Å². The molecule has 0 amide bonds. The van der Waals surface area contributed by atoms with Gasteiger partial charge in [0.15, 0.2) is 0 Å². The van der Waals surface area contributed by atoms with Crippen molar-refractivity contribution in [3.63, 3.8) is 0 Å². The fourth-order valence-corrected chi connectivity index (χ4v) is 0.510. The second kappa shape index (κ2) is 5.92. The second-order valence-corrected chi connectivity index (χ2v) is 1.32. The van der Waals surface area contributed by atoms with Crippen molar-refractivity contribution in [1.82, 2.24) is 0 Å². The van der Waals surface area contributed by atoms with Gasteiger partial charge in [-0.2, -0.15) is 0 Å². The summed E-state index contributed by atoms with van der Waals surface area (Å²) in [7, 11) is 1.50. The summed E-state index contributed by atoms with van der Waals surface area (Å²) in [6, 6.07) is 0. The van der Waals surface area contributed by atoms with Gasteiger partial charge in [0.05, 0.1) is 0 Å². The lowest BCUT2D eigenvalue weighted by Gasteiger charge is -1.76. The Kier molecular flexibility index (Phi) is 5.85. The number of nitrogens with two attached hydrogens (primary N) is 1. The summed E-state index contributed by atoms with van der Waals surface area (Å²) in [5.74, 6) is 0. The van der Waals surface area contributed by atoms with Gasteiger partial charge in [0.25, 0.3) is 0 Å². The Bertz CT molecular complexity index is 19.7. The van der Waals surface area contributed by atoms with Crippen LogP contribution < -0.4 is 5.73 Å². The van der Waals surface area contributed by atoms with E-state index in [2.05, 4.69) is 5.73 Å². The summed E-state index contributed by atoms with van der Waals surface area (Å²) in [5.41, 5.74) is 4.50. The molecule has 7 heavy (non-hydrogen) atoms. The van der Waals surface area contributed by atoms with E-state index in [-0.39, 0.29) is 0 Å². The van der Waals surface area contributed by atoms with Gasteiger partial charge in [-0.1, -0.05) is 0 Å². The van der Waals surface area contributed by atoms with Crippen LogP contribution in [-0.4, -0.2) is 20.3 Å². The van der Waals surface area contributed by atoms with Gasteiger partial charge >= 0.3 is 0 Å². The van der Waals surface area contributed by atoms with Gasteiger partial charge in [-0.3, -0.25) is 0 Å². The molecule has 1 saturated heterocycles. The Balaban J connectivity index is 0.000000162. The summed E-state index contributed by atoms with van der Waals surface area (Å²) >= 11 is 0. The molecule has 1 aliphatic heterocycles. The monoisotopic (exact) mass is 103 g/mol. The van der Waals surface area contributed by atoms with Crippen LogP contribution in [0.5, 0.6) is 0 Å². The Hall–Kier alpha value is -0.0800. The maximum atomic E-state index is 4.94. The zero-order valence-corrected chi connectivity index (χ0v) is 4.81. The minimum absolute atomic E-state index is 1.00. The molecular weight excluding hydrogens is 90.1 g/mol. The number of rotatable bonds is 0. The molecule has 2 nitrogen and oxygen atoms in total. The van der Waals surface area contributed by atoms with Crippen molar-refractivity contribution < 1.29 is 4.74 Å². The van der Waals surface area contributed by atoms with Crippen LogP contribution in [0.15, 0.2) is 0 Å². The molecule has 1 heterocycles. The predicted molar refractivity (Wildman–Crippen MR) is 30.2 cm³/mol. The van der Waals surface area contributed by atoms with Crippen molar-refractivity contribution in [2.45, 2.75) is 12.8 Å². The highest BCUT2D eigenvalue weighted by atomic mass is 16.5. The maximum absolute atomic E-state index is 4.94. The lowest BCUT2D eigenvalue weighted by atomic mass is 10.4. The first kappa shape index (κ1) is 6.92. The Morgan fingerprint density at radius 1 is 1.14 bits per heavy atom. The van der Waals surface area contributed by atoms with Gasteiger partial charge in [-0.15, -0.1) is 0 Å². The van der Waals surface area contributed by atoms with Crippen LogP contribution >= 0.6 is 0 Å². The molecule has 1 aliphatic rings. The third-order valence-electron chi connectivity index (χ3n) is 0.827. The van der Waals surface area contributed by atoms with Crippen LogP contribution in [0, 0.1) is 0 Å². The first-order valence-electron chi connectivity index (χ1n) is 2.65. The Morgan fingerprint density at radius 2 is 1.57 bits per heavy atom. The molecule has 0 aromatic carbocycles. The average Bonchev–Trinajstić information content (AvgIpc) is 2.23. The third kappa shape index (κ3) is 3.76. The van der Waals surface area contributed by atoms with E-state index in [1.807, 2.05) is 0 Å². The Labute approximate surface area is 44.7 Å². The number of hydrogen-bond acceptors (Lipinski definition) is 2. The van der Waals surface area contributed by atoms with E-state index in [0.717, 1.165) is 13.2 Å². The van der Waals surface area contributed by atoms with Crippen LogP contribution in [0.4, 0.5) is 0 Å². The molecule has 2 heteroatoms. The third-order valence-corrected chi connectivity index (χ3v) is 0.827. The number of ether oxygens (including phenoxy) is 1. The molecule has 0 saturated carbocycles. The van der Waals surface area contributed by atoms with Crippen molar-refractivity contribution >= 4 is 0 Å². The van der Waals surface area contributed by atoms with Crippen LogP contribution in [-0.2, 0) is 4.74 Å². The first-order chi connectivity index (χ1) is 3.50. The standard InChI is InChI=1S/C4H8O.CH5N/c1-2-4-5-3-1;1-2/h1-4H2;2H2,1H3. The lowest BCUT2D eigenvalue weighted by Crippen LogP contribution is -1.74. The quantitative estimate of drug-likeness (QED) is 0.481. The van der Waals surface area contributed by atoms with Crippen LogP contribution in [0.2, 0.25) is 0 Å².